The Labute approximate surface area is 752 Å². The average Bonchev–Trinajstić information content (AvgIpc) is 1.72. The average molecular weight is 1840 g/mol. The van der Waals surface area contributed by atoms with Crippen LogP contribution in [-0.2, 0) is 101 Å². The standard InChI is InChI=1S/C85H119N21O21S2/c1-9-10-21-65-84(127)103(7)46(5)71(114)94-55(20-15-28-90-85(88)89)74(117)101-63(73(116)92-37-69(87)112)42-128-43-70(113)93-58(31-47-24-26-50(109)27-25-47)80(123)102(6)45(4)72(115)96-60(35-68(86)111)82(125)105-29-16-22-64(105)78(121)100-62(40-108)77(120)97-57(30-44(2)3)83(126)106-38-51(110)34-66(106)79(122)95-56(32-48-36-91-54-19-13-11-17-52(48)54)75(118)99-61(39-107)76(119)98-59(81(124)104(65)8)33-49-41-129-67-23-14-12-18-53(49)67/h11-14,17-19,23-27,36,41,44-46,51,55-66,91,107-110H,9-10,15-16,20-22,28-35,37-40,42-43H2,1-8H3,(H2,86,111)(H2,87,112)(H,92,116)(H,93,113)(H,94,114)(H,95,122)(H,96,115)(H,97,120)(H,98,119)(H,99,118)(H,100,121)(H,101,117)(H4,88,89,90)/t45-,46-,51+,55-,56-,57-,58-,59-,60+,61-,62-,63-,64-,65-,66-/m0/s1. The number of aromatic hydroxyl groups is 1. The third kappa shape index (κ3) is 28.2. The monoisotopic (exact) mass is 1830 g/mol. The molecule has 0 unspecified atom stereocenters. The number of nitrogens with two attached hydrogens (primary N) is 3. The fourth-order valence-corrected chi connectivity index (χ4v) is 17.2. The van der Waals surface area contributed by atoms with E-state index in [0.717, 1.165) is 41.0 Å². The molecule has 0 spiro atoms. The van der Waals surface area contributed by atoms with Crippen LogP contribution in [0.4, 0.5) is 0 Å². The van der Waals surface area contributed by atoms with Crippen molar-refractivity contribution in [1.82, 2.24) is 88.0 Å². The normalized spacial score (nSPS) is 25.4. The largest absolute Gasteiger partial charge is 0.508 e. The van der Waals surface area contributed by atoms with Gasteiger partial charge in [0.05, 0.1) is 38.0 Å². The number of thioether (sulfide) groups is 1. The first kappa shape index (κ1) is 102. The minimum atomic E-state index is -1.89. The van der Waals surface area contributed by atoms with Crippen molar-refractivity contribution in [2.45, 2.75) is 209 Å². The Morgan fingerprint density at radius 2 is 1.12 bits per heavy atom. The molecule has 5 heterocycles. The Morgan fingerprint density at radius 3 is 1.75 bits per heavy atom. The number of hydrogen-bond donors (Lipinski definition) is 20. The molecule has 0 radical (unpaired) electrons. The molecule has 3 aromatic carbocycles. The molecule has 129 heavy (non-hydrogen) atoms. The van der Waals surface area contributed by atoms with E-state index in [0.29, 0.717) is 45.8 Å². The van der Waals surface area contributed by atoms with Crippen LogP contribution in [0.3, 0.4) is 0 Å². The molecule has 702 valence electrons. The van der Waals surface area contributed by atoms with Gasteiger partial charge in [0.25, 0.3) is 0 Å². The van der Waals surface area contributed by atoms with Crippen LogP contribution in [0, 0.1) is 11.3 Å². The number of phenolic OH excluding ortho intramolecular Hbond substituents is 1. The van der Waals surface area contributed by atoms with Crippen molar-refractivity contribution in [3.05, 3.63) is 101 Å². The predicted molar refractivity (Wildman–Crippen MR) is 474 cm³/mol. The van der Waals surface area contributed by atoms with Gasteiger partial charge < -0.3 is 126 Å². The van der Waals surface area contributed by atoms with Gasteiger partial charge in [0, 0.05) is 94.0 Å². The van der Waals surface area contributed by atoms with Crippen LogP contribution in [-0.4, -0.2) is 319 Å². The molecule has 8 rings (SSSR count). The zero-order valence-electron chi connectivity index (χ0n) is 73.2. The molecule has 3 aliphatic rings. The number of likely N-dealkylation sites (N-methyl/N-ethyl adjacent to an activating group) is 3. The number of amides is 17. The number of carbonyl (C=O) groups is 17. The molecule has 0 bridgehead atoms. The number of nitrogens with zero attached hydrogens (tertiary/aromatic N) is 5. The van der Waals surface area contributed by atoms with E-state index in [9.17, 15) is 73.2 Å². The molecular formula is C85H119N21O21S2. The number of phenols is 1. The van der Waals surface area contributed by atoms with Crippen molar-refractivity contribution in [2.24, 2.45) is 23.1 Å². The highest BCUT2D eigenvalue weighted by Crippen LogP contribution is 2.30. The molecule has 2 aromatic heterocycles. The molecule has 0 aliphatic carbocycles. The molecule has 42 nitrogen and oxygen atoms in total. The Hall–Kier alpha value is -12.6. The first-order valence-electron chi connectivity index (χ1n) is 42.6. The van der Waals surface area contributed by atoms with Gasteiger partial charge in [0.1, 0.15) is 90.3 Å². The van der Waals surface area contributed by atoms with Crippen molar-refractivity contribution >= 4 is 150 Å². The number of primary amides is 2. The van der Waals surface area contributed by atoms with Crippen LogP contribution in [0.2, 0.25) is 0 Å². The SMILES string of the molecule is CCCC[C@H]1C(=O)N(C)[C@@H](C)C(=O)N[C@@H](CCCNC(=N)N)C(=O)N[C@H](C(=O)NCC(N)=O)CSCC(=O)N[C@@H](Cc2ccc(O)cc2)C(=O)N(C)[C@@H](C)C(=O)N[C@H](CC(N)=O)C(=O)N2CCC[C@H]2C(=O)N[C@@H](CO)C(=O)N[C@@H](CC(C)C)C(=O)N2C[C@H](O)C[C@H]2C(=O)N[C@@H](Cc2c[nH]c3ccccc23)C(=O)N[C@@H](CO)C(=O)N[C@@H](Cc2csc3ccccc23)C(=O)N1C. The molecule has 44 heteroatoms. The summed E-state index contributed by atoms with van der Waals surface area (Å²) in [5.41, 5.74) is 18.7. The Bertz CT molecular complexity index is 4900. The molecule has 15 atom stereocenters. The van der Waals surface area contributed by atoms with Gasteiger partial charge in [-0.05, 0) is 110 Å². The zero-order chi connectivity index (χ0) is 94.8. The van der Waals surface area contributed by atoms with Gasteiger partial charge in [0.15, 0.2) is 5.96 Å². The van der Waals surface area contributed by atoms with Gasteiger partial charge in [-0.1, -0.05) is 82.1 Å². The number of guanidine groups is 1. The second-order valence-electron chi connectivity index (χ2n) is 32.8. The Balaban J connectivity index is 1.17. The fourth-order valence-electron chi connectivity index (χ4n) is 15.4. The summed E-state index contributed by atoms with van der Waals surface area (Å²) in [6.45, 7) is 4.25. The van der Waals surface area contributed by atoms with E-state index < -0.39 is 248 Å². The lowest BCUT2D eigenvalue weighted by Gasteiger charge is -2.35. The molecule has 0 saturated carbocycles. The van der Waals surface area contributed by atoms with E-state index >= 15 is 28.8 Å². The molecular weight excluding hydrogens is 1720 g/mol. The molecule has 5 aromatic rings. The minimum Gasteiger partial charge on any atom is -0.508 e. The smallest absolute Gasteiger partial charge is 0.246 e. The summed E-state index contributed by atoms with van der Waals surface area (Å²) < 4.78 is 0.803. The minimum absolute atomic E-state index is 0.0153. The lowest BCUT2D eigenvalue weighted by Crippen LogP contribution is -2.61. The van der Waals surface area contributed by atoms with Gasteiger partial charge >= 0.3 is 0 Å². The highest BCUT2D eigenvalue weighted by Gasteiger charge is 2.46. The van der Waals surface area contributed by atoms with Gasteiger partial charge in [0.2, 0.25) is 100 Å². The summed E-state index contributed by atoms with van der Waals surface area (Å²) in [5.74, 6) is -18.7. The van der Waals surface area contributed by atoms with E-state index in [4.69, 9.17) is 22.6 Å². The highest BCUT2D eigenvalue weighted by atomic mass is 32.2. The predicted octanol–water partition coefficient (Wildman–Crippen LogP) is -4.34. The quantitative estimate of drug-likeness (QED) is 0.0177. The highest BCUT2D eigenvalue weighted by molar-refractivity contribution is 8.00. The first-order valence-corrected chi connectivity index (χ1v) is 44.6. The summed E-state index contributed by atoms with van der Waals surface area (Å²) in [7, 11) is 3.79. The number of carbonyl (C=O) groups excluding carboxylic acids is 17. The van der Waals surface area contributed by atoms with Gasteiger partial charge in [-0.3, -0.25) is 86.9 Å². The second-order valence-corrected chi connectivity index (χ2v) is 34.7. The number of aromatic amines is 1. The molecule has 3 fully saturated rings. The third-order valence-corrected chi connectivity index (χ3v) is 24.8. The van der Waals surface area contributed by atoms with Crippen molar-refractivity contribution in [3.63, 3.8) is 0 Å². The number of aliphatic hydroxyl groups excluding tert-OH is 3. The number of aromatic nitrogens is 1. The zero-order valence-corrected chi connectivity index (χ0v) is 74.8. The van der Waals surface area contributed by atoms with Crippen molar-refractivity contribution in [1.29, 1.82) is 5.41 Å². The van der Waals surface area contributed by atoms with Crippen LogP contribution in [0.5, 0.6) is 5.75 Å². The number of benzene rings is 3. The summed E-state index contributed by atoms with van der Waals surface area (Å²) in [4.78, 5) is 254. The topological polar surface area (TPSA) is 637 Å². The van der Waals surface area contributed by atoms with Crippen LogP contribution >= 0.6 is 23.1 Å². The van der Waals surface area contributed by atoms with Crippen molar-refractivity contribution in [3.8, 4) is 5.75 Å². The fraction of sp³-hybridized carbons (Fsp3) is 0.529. The van der Waals surface area contributed by atoms with Gasteiger partial charge in [-0.25, -0.2) is 0 Å². The van der Waals surface area contributed by atoms with E-state index in [-0.39, 0.29) is 82.5 Å². The van der Waals surface area contributed by atoms with E-state index in [1.807, 2.05) is 13.0 Å². The summed E-state index contributed by atoms with van der Waals surface area (Å²) in [6, 6.07) is -2.67. The number of thiophene rings is 1. The number of unbranched alkanes of at least 4 members (excludes halogenated alkanes) is 1. The van der Waals surface area contributed by atoms with Crippen molar-refractivity contribution in [2.75, 3.05) is 72.0 Å². The number of para-hydroxylation sites is 1. The van der Waals surface area contributed by atoms with Crippen molar-refractivity contribution < 1.29 is 102 Å². The Kier molecular flexibility index (Phi) is 37.9. The molecule has 17 amide bonds. The summed E-state index contributed by atoms with van der Waals surface area (Å²) in [6.07, 6.45) is -1.31. The lowest BCUT2D eigenvalue weighted by molar-refractivity contribution is -0.149. The van der Waals surface area contributed by atoms with Gasteiger partial charge in [-0.2, -0.15) is 0 Å². The first-order chi connectivity index (χ1) is 61.2. The number of hydrogen-bond acceptors (Lipinski definition) is 24. The van der Waals surface area contributed by atoms with Crippen LogP contribution < -0.4 is 75.7 Å². The maximum absolute atomic E-state index is 15.6. The van der Waals surface area contributed by atoms with E-state index in [2.05, 4.69) is 63.5 Å². The summed E-state index contributed by atoms with van der Waals surface area (Å²) in [5, 5.41) is 82.4. The number of fused-ring (bicyclic) bond motifs is 4. The Morgan fingerprint density at radius 1 is 0.566 bits per heavy atom. The van der Waals surface area contributed by atoms with Gasteiger partial charge in [-0.15, -0.1) is 23.1 Å². The third-order valence-electron chi connectivity index (χ3n) is 22.8. The number of nitrogens with one attached hydrogen (secondary N) is 13. The number of aliphatic hydroxyl groups is 3. The lowest BCUT2D eigenvalue weighted by atomic mass is 10.0. The van der Waals surface area contributed by atoms with Crippen LogP contribution in [0.15, 0.2) is 84.4 Å². The summed E-state index contributed by atoms with van der Waals surface area (Å²) >= 11 is 2.08. The van der Waals surface area contributed by atoms with Crippen LogP contribution in [0.1, 0.15) is 116 Å². The van der Waals surface area contributed by atoms with E-state index in [1.165, 1.54) is 70.6 Å². The molecule has 23 N–H and O–H groups in total. The molecule has 3 saturated heterocycles. The maximum atomic E-state index is 15.6. The van der Waals surface area contributed by atoms with E-state index in [1.54, 1.807) is 67.9 Å². The number of rotatable bonds is 22. The van der Waals surface area contributed by atoms with Crippen LogP contribution in [0.25, 0.3) is 21.0 Å². The maximum Gasteiger partial charge on any atom is 0.246 e. The molecule has 3 aliphatic heterocycles. The second kappa shape index (κ2) is 48.0. The number of H-pyrrole nitrogens is 1.